The molecule has 0 spiro atoms. The number of hydrogen-bond acceptors (Lipinski definition) is 2. The van der Waals surface area contributed by atoms with Crippen LogP contribution in [-0.4, -0.2) is 0 Å². The maximum absolute atomic E-state index is 13.2. The van der Waals surface area contributed by atoms with Crippen molar-refractivity contribution < 1.29 is 9.13 Å². The van der Waals surface area contributed by atoms with E-state index < -0.39 is 0 Å². The van der Waals surface area contributed by atoms with E-state index in [0.29, 0.717) is 17.9 Å². The fourth-order valence-electron chi connectivity index (χ4n) is 2.43. The van der Waals surface area contributed by atoms with Crippen LogP contribution >= 0.6 is 15.9 Å². The molecule has 0 unspecified atom stereocenters. The lowest BCUT2D eigenvalue weighted by molar-refractivity contribution is 0.305. The summed E-state index contributed by atoms with van der Waals surface area (Å²) >= 11 is 3.39. The third-order valence-electron chi connectivity index (χ3n) is 3.76. The summed E-state index contributed by atoms with van der Waals surface area (Å²) in [5.41, 5.74) is 3.13. The Kier molecular flexibility index (Phi) is 5.83. The monoisotopic (exact) mass is 407 g/mol. The Hall–Kier alpha value is -2.90. The van der Waals surface area contributed by atoms with Crippen LogP contribution in [0.15, 0.2) is 77.3 Å². The van der Waals surface area contributed by atoms with Crippen LogP contribution in [0.5, 0.6) is 5.75 Å². The zero-order valence-electron chi connectivity index (χ0n) is 13.8. The van der Waals surface area contributed by atoms with Crippen LogP contribution in [-0.2, 0) is 6.61 Å². The average Bonchev–Trinajstić information content (AvgIpc) is 2.66. The molecule has 0 radical (unpaired) electrons. The standard InChI is InChI=1S/C22H15BrFNO/c23-20-8-6-18(7-9-20)19(14-25)12-16-4-10-22(11-5-16)26-15-17-2-1-3-21(24)13-17/h1-13H,15H2/b19-12+. The van der Waals surface area contributed by atoms with Gasteiger partial charge in [-0.3, -0.25) is 0 Å². The van der Waals surface area contributed by atoms with E-state index in [9.17, 15) is 9.65 Å². The Balaban J connectivity index is 1.70. The molecule has 0 fully saturated rings. The van der Waals surface area contributed by atoms with Crippen molar-refractivity contribution in [2.75, 3.05) is 0 Å². The molecule has 26 heavy (non-hydrogen) atoms. The van der Waals surface area contributed by atoms with Crippen molar-refractivity contribution in [3.63, 3.8) is 0 Å². The summed E-state index contributed by atoms with van der Waals surface area (Å²) in [7, 11) is 0. The molecule has 3 aromatic carbocycles. The van der Waals surface area contributed by atoms with Crippen LogP contribution in [0.4, 0.5) is 4.39 Å². The highest BCUT2D eigenvalue weighted by Crippen LogP contribution is 2.22. The van der Waals surface area contributed by atoms with E-state index in [1.165, 1.54) is 12.1 Å². The number of ether oxygens (including phenoxy) is 1. The van der Waals surface area contributed by atoms with E-state index in [2.05, 4.69) is 22.0 Å². The number of nitriles is 1. The Morgan fingerprint density at radius 3 is 2.42 bits per heavy atom. The lowest BCUT2D eigenvalue weighted by Crippen LogP contribution is -1.95. The third-order valence-corrected chi connectivity index (χ3v) is 4.29. The smallest absolute Gasteiger partial charge is 0.123 e. The third kappa shape index (κ3) is 4.81. The van der Waals surface area contributed by atoms with Gasteiger partial charge in [-0.1, -0.05) is 52.3 Å². The SMILES string of the molecule is N#C/C(=C\c1ccc(OCc2cccc(F)c2)cc1)c1ccc(Br)cc1. The first-order valence-electron chi connectivity index (χ1n) is 7.99. The molecule has 4 heteroatoms. The van der Waals surface area contributed by atoms with Crippen LogP contribution < -0.4 is 4.74 Å². The van der Waals surface area contributed by atoms with Gasteiger partial charge in [0.1, 0.15) is 18.2 Å². The topological polar surface area (TPSA) is 33.0 Å². The highest BCUT2D eigenvalue weighted by molar-refractivity contribution is 9.10. The number of hydrogen-bond donors (Lipinski definition) is 0. The predicted molar refractivity (Wildman–Crippen MR) is 105 cm³/mol. The summed E-state index contributed by atoms with van der Waals surface area (Å²) in [5.74, 6) is 0.414. The van der Waals surface area contributed by atoms with E-state index in [0.717, 1.165) is 21.2 Å². The molecule has 0 bridgehead atoms. The van der Waals surface area contributed by atoms with Gasteiger partial charge in [-0.15, -0.1) is 0 Å². The highest BCUT2D eigenvalue weighted by Gasteiger charge is 2.02. The first-order valence-corrected chi connectivity index (χ1v) is 8.78. The van der Waals surface area contributed by atoms with Crippen molar-refractivity contribution in [2.24, 2.45) is 0 Å². The van der Waals surface area contributed by atoms with Crippen molar-refractivity contribution in [1.29, 1.82) is 5.26 Å². The molecule has 2 nitrogen and oxygen atoms in total. The molecule has 0 amide bonds. The van der Waals surface area contributed by atoms with Crippen LogP contribution in [0.3, 0.4) is 0 Å². The van der Waals surface area contributed by atoms with Gasteiger partial charge in [0, 0.05) is 4.47 Å². The molecule has 0 saturated carbocycles. The van der Waals surface area contributed by atoms with Gasteiger partial charge in [-0.25, -0.2) is 4.39 Å². The van der Waals surface area contributed by atoms with E-state index in [1.54, 1.807) is 6.07 Å². The quantitative estimate of drug-likeness (QED) is 0.370. The Labute approximate surface area is 160 Å². The van der Waals surface area contributed by atoms with Crippen LogP contribution in [0.25, 0.3) is 11.6 Å². The zero-order valence-corrected chi connectivity index (χ0v) is 15.4. The summed E-state index contributed by atoms with van der Waals surface area (Å²) < 4.78 is 19.8. The minimum absolute atomic E-state index is 0.274. The van der Waals surface area contributed by atoms with E-state index >= 15 is 0 Å². The van der Waals surface area contributed by atoms with Gasteiger partial charge in [-0.05, 0) is 59.2 Å². The molecule has 128 valence electrons. The summed E-state index contributed by atoms with van der Waals surface area (Å²) in [5, 5.41) is 9.41. The van der Waals surface area contributed by atoms with Gasteiger partial charge in [0.15, 0.2) is 0 Å². The summed E-state index contributed by atoms with van der Waals surface area (Å²) in [4.78, 5) is 0. The number of halogens is 2. The second kappa shape index (κ2) is 8.46. The van der Waals surface area contributed by atoms with Gasteiger partial charge in [-0.2, -0.15) is 5.26 Å². The lowest BCUT2D eigenvalue weighted by Gasteiger charge is -2.07. The minimum atomic E-state index is -0.274. The van der Waals surface area contributed by atoms with Crippen LogP contribution in [0.2, 0.25) is 0 Å². The van der Waals surface area contributed by atoms with Gasteiger partial charge in [0.05, 0.1) is 11.6 Å². The van der Waals surface area contributed by atoms with Crippen molar-refractivity contribution in [1.82, 2.24) is 0 Å². The van der Waals surface area contributed by atoms with E-state index in [1.807, 2.05) is 60.7 Å². The molecule has 3 rings (SSSR count). The maximum Gasteiger partial charge on any atom is 0.123 e. The molecule has 0 saturated heterocycles. The minimum Gasteiger partial charge on any atom is -0.489 e. The van der Waals surface area contributed by atoms with Gasteiger partial charge >= 0.3 is 0 Å². The number of rotatable bonds is 5. The van der Waals surface area contributed by atoms with E-state index in [-0.39, 0.29) is 5.82 Å². The fourth-order valence-corrected chi connectivity index (χ4v) is 2.69. The summed E-state index contributed by atoms with van der Waals surface area (Å²) in [6.45, 7) is 0.301. The molecule has 0 heterocycles. The average molecular weight is 408 g/mol. The molecule has 0 aromatic heterocycles. The first-order chi connectivity index (χ1) is 12.6. The molecular formula is C22H15BrFNO. The highest BCUT2D eigenvalue weighted by atomic mass is 79.9. The Bertz CT molecular complexity index is 957. The van der Waals surface area contributed by atoms with Crippen LogP contribution in [0, 0.1) is 17.1 Å². The first kappa shape index (κ1) is 17.9. The van der Waals surface area contributed by atoms with E-state index in [4.69, 9.17) is 4.74 Å². The lowest BCUT2D eigenvalue weighted by atomic mass is 10.0. The van der Waals surface area contributed by atoms with Gasteiger partial charge in [0.25, 0.3) is 0 Å². The van der Waals surface area contributed by atoms with Crippen molar-refractivity contribution in [3.8, 4) is 11.8 Å². The summed E-state index contributed by atoms with van der Waals surface area (Å²) in [6, 6.07) is 23.6. The molecule has 0 aliphatic carbocycles. The van der Waals surface area contributed by atoms with Gasteiger partial charge < -0.3 is 4.74 Å². The normalized spacial score (nSPS) is 11.0. The van der Waals surface area contributed by atoms with Crippen molar-refractivity contribution in [2.45, 2.75) is 6.61 Å². The molecular weight excluding hydrogens is 393 g/mol. The second-order valence-corrected chi connectivity index (χ2v) is 6.58. The molecule has 0 atom stereocenters. The molecule has 0 aliphatic heterocycles. The Morgan fingerprint density at radius 2 is 1.77 bits per heavy atom. The number of nitrogens with zero attached hydrogens (tertiary/aromatic N) is 1. The maximum atomic E-state index is 13.2. The van der Waals surface area contributed by atoms with Crippen molar-refractivity contribution >= 4 is 27.6 Å². The largest absolute Gasteiger partial charge is 0.489 e. The molecule has 3 aromatic rings. The number of benzene rings is 3. The van der Waals surface area contributed by atoms with Crippen molar-refractivity contribution in [3.05, 3.63) is 99.8 Å². The zero-order chi connectivity index (χ0) is 18.4. The van der Waals surface area contributed by atoms with Gasteiger partial charge in [0.2, 0.25) is 0 Å². The fraction of sp³-hybridized carbons (Fsp3) is 0.0455. The van der Waals surface area contributed by atoms with Crippen LogP contribution in [0.1, 0.15) is 16.7 Å². The number of allylic oxidation sites excluding steroid dienone is 1. The summed E-state index contributed by atoms with van der Waals surface area (Å²) in [6.07, 6.45) is 1.83. The molecule has 0 aliphatic rings. The second-order valence-electron chi connectivity index (χ2n) is 5.66. The predicted octanol–water partition coefficient (Wildman–Crippen LogP) is 6.23. The molecule has 0 N–H and O–H groups in total. The Morgan fingerprint density at radius 1 is 1.04 bits per heavy atom.